The van der Waals surface area contributed by atoms with E-state index in [-0.39, 0.29) is 5.91 Å². The van der Waals surface area contributed by atoms with Gasteiger partial charge < -0.3 is 20.1 Å². The highest BCUT2D eigenvalue weighted by Crippen LogP contribution is 2.11. The molecule has 98 valence electrons. The van der Waals surface area contributed by atoms with Crippen molar-refractivity contribution in [3.05, 3.63) is 29.8 Å². The number of amides is 1. The smallest absolute Gasteiger partial charge is 0.254 e. The molecule has 0 aromatic heterocycles. The number of nitrogen functional groups attached to an aromatic ring is 1. The topological polar surface area (TPSA) is 64.8 Å². The number of benzene rings is 1. The van der Waals surface area contributed by atoms with Crippen molar-refractivity contribution >= 4 is 11.6 Å². The molecule has 0 bridgehead atoms. The second-order valence-corrected chi connectivity index (χ2v) is 4.37. The summed E-state index contributed by atoms with van der Waals surface area (Å²) in [6.45, 7) is 1.88. The molecule has 1 amide bonds. The summed E-state index contributed by atoms with van der Waals surface area (Å²) in [6, 6.07) is 7.51. The molecule has 1 aromatic carbocycles. The van der Waals surface area contributed by atoms with Gasteiger partial charge in [0.1, 0.15) is 0 Å². The lowest BCUT2D eigenvalue weighted by Gasteiger charge is -2.26. The van der Waals surface area contributed by atoms with E-state index in [0.29, 0.717) is 32.1 Å². The molecule has 1 aromatic rings. The average molecular weight is 250 g/mol. The van der Waals surface area contributed by atoms with Crippen LogP contribution in [-0.2, 0) is 20.8 Å². The van der Waals surface area contributed by atoms with Crippen LogP contribution in [0.25, 0.3) is 0 Å². The fraction of sp³-hybridized carbons (Fsp3) is 0.462. The van der Waals surface area contributed by atoms with E-state index >= 15 is 0 Å². The molecular formula is C13H18N2O3. The highest BCUT2D eigenvalue weighted by atomic mass is 16.6. The highest BCUT2D eigenvalue weighted by molar-refractivity contribution is 5.81. The number of likely N-dealkylation sites (N-methyl/N-ethyl adjacent to an activating group) is 1. The number of hydrogen-bond donors (Lipinski definition) is 1. The Morgan fingerprint density at radius 3 is 3.00 bits per heavy atom. The van der Waals surface area contributed by atoms with E-state index in [1.54, 1.807) is 11.9 Å². The van der Waals surface area contributed by atoms with Gasteiger partial charge in [0.2, 0.25) is 0 Å². The van der Waals surface area contributed by atoms with Crippen LogP contribution in [0.15, 0.2) is 24.3 Å². The van der Waals surface area contributed by atoms with Crippen molar-refractivity contribution in [3.8, 4) is 0 Å². The van der Waals surface area contributed by atoms with Crippen molar-refractivity contribution in [2.45, 2.75) is 12.6 Å². The van der Waals surface area contributed by atoms with E-state index in [1.165, 1.54) is 0 Å². The van der Waals surface area contributed by atoms with E-state index < -0.39 is 6.10 Å². The number of carbonyl (C=O) groups is 1. The Balaban J connectivity index is 1.94. The lowest BCUT2D eigenvalue weighted by Crippen LogP contribution is -2.43. The number of nitrogens with two attached hydrogens (primary N) is 1. The minimum Gasteiger partial charge on any atom is -0.399 e. The molecule has 1 unspecified atom stereocenters. The summed E-state index contributed by atoms with van der Waals surface area (Å²) in [6.07, 6.45) is -0.482. The summed E-state index contributed by atoms with van der Waals surface area (Å²) in [7, 11) is 1.75. The molecule has 0 saturated carbocycles. The quantitative estimate of drug-likeness (QED) is 0.800. The Morgan fingerprint density at radius 2 is 2.33 bits per heavy atom. The molecule has 2 rings (SSSR count). The Labute approximate surface area is 106 Å². The molecule has 1 saturated heterocycles. The van der Waals surface area contributed by atoms with Gasteiger partial charge in [-0.2, -0.15) is 0 Å². The maximum absolute atomic E-state index is 12.1. The van der Waals surface area contributed by atoms with Gasteiger partial charge in [0, 0.05) is 19.3 Å². The lowest BCUT2D eigenvalue weighted by atomic mass is 10.2. The number of anilines is 1. The third-order valence-electron chi connectivity index (χ3n) is 2.84. The monoisotopic (exact) mass is 250 g/mol. The van der Waals surface area contributed by atoms with Crippen molar-refractivity contribution in [2.75, 3.05) is 32.6 Å². The van der Waals surface area contributed by atoms with Crippen LogP contribution in [-0.4, -0.2) is 43.8 Å². The van der Waals surface area contributed by atoms with Crippen LogP contribution in [0.1, 0.15) is 5.56 Å². The SMILES string of the molecule is CN(Cc1cccc(N)c1)C(=O)C1COCCO1. The van der Waals surface area contributed by atoms with Gasteiger partial charge in [-0.3, -0.25) is 4.79 Å². The molecule has 5 nitrogen and oxygen atoms in total. The molecule has 0 aliphatic carbocycles. The maximum atomic E-state index is 12.1. The molecule has 1 aliphatic heterocycles. The van der Waals surface area contributed by atoms with Crippen molar-refractivity contribution in [2.24, 2.45) is 0 Å². The summed E-state index contributed by atoms with van der Waals surface area (Å²) in [5.74, 6) is -0.0582. The fourth-order valence-corrected chi connectivity index (χ4v) is 1.92. The first-order valence-electron chi connectivity index (χ1n) is 5.95. The minimum atomic E-state index is -0.482. The normalized spacial score (nSPS) is 19.5. The minimum absolute atomic E-state index is 0.0582. The number of rotatable bonds is 3. The summed E-state index contributed by atoms with van der Waals surface area (Å²) >= 11 is 0. The number of nitrogens with zero attached hydrogens (tertiary/aromatic N) is 1. The third-order valence-corrected chi connectivity index (χ3v) is 2.84. The Morgan fingerprint density at radius 1 is 1.50 bits per heavy atom. The lowest BCUT2D eigenvalue weighted by molar-refractivity contribution is -0.157. The molecule has 5 heteroatoms. The molecule has 1 fully saturated rings. The van der Waals surface area contributed by atoms with Crippen LogP contribution in [0.5, 0.6) is 0 Å². The predicted molar refractivity (Wildman–Crippen MR) is 67.9 cm³/mol. The van der Waals surface area contributed by atoms with Crippen LogP contribution < -0.4 is 5.73 Å². The molecule has 18 heavy (non-hydrogen) atoms. The Bertz CT molecular complexity index is 416. The fourth-order valence-electron chi connectivity index (χ4n) is 1.92. The van der Waals surface area contributed by atoms with Crippen molar-refractivity contribution in [3.63, 3.8) is 0 Å². The van der Waals surface area contributed by atoms with Gasteiger partial charge in [-0.05, 0) is 17.7 Å². The molecule has 1 aliphatic rings. The largest absolute Gasteiger partial charge is 0.399 e. The van der Waals surface area contributed by atoms with Crippen LogP contribution >= 0.6 is 0 Å². The zero-order valence-electron chi connectivity index (χ0n) is 10.5. The average Bonchev–Trinajstić information content (AvgIpc) is 2.39. The van der Waals surface area contributed by atoms with E-state index in [4.69, 9.17) is 15.2 Å². The van der Waals surface area contributed by atoms with Gasteiger partial charge in [0.25, 0.3) is 5.91 Å². The van der Waals surface area contributed by atoms with Crippen molar-refractivity contribution in [1.29, 1.82) is 0 Å². The molecule has 0 spiro atoms. The first-order valence-corrected chi connectivity index (χ1v) is 5.95. The maximum Gasteiger partial charge on any atom is 0.254 e. The summed E-state index contributed by atoms with van der Waals surface area (Å²) < 4.78 is 10.6. The summed E-state index contributed by atoms with van der Waals surface area (Å²) in [5, 5.41) is 0. The first kappa shape index (κ1) is 12.9. The van der Waals surface area contributed by atoms with Gasteiger partial charge in [-0.1, -0.05) is 12.1 Å². The summed E-state index contributed by atoms with van der Waals surface area (Å²) in [4.78, 5) is 13.7. The van der Waals surface area contributed by atoms with Gasteiger partial charge in [0.15, 0.2) is 6.10 Å². The molecule has 1 atom stereocenters. The zero-order valence-corrected chi connectivity index (χ0v) is 10.5. The number of carbonyl (C=O) groups excluding carboxylic acids is 1. The first-order chi connectivity index (χ1) is 8.66. The molecule has 2 N–H and O–H groups in total. The number of ether oxygens (including phenoxy) is 2. The predicted octanol–water partition coefficient (Wildman–Crippen LogP) is 0.643. The zero-order chi connectivity index (χ0) is 13.0. The third kappa shape index (κ3) is 3.21. The Kier molecular flexibility index (Phi) is 4.17. The van der Waals surface area contributed by atoms with Gasteiger partial charge in [-0.25, -0.2) is 0 Å². The number of hydrogen-bond acceptors (Lipinski definition) is 4. The van der Waals surface area contributed by atoms with Gasteiger partial charge >= 0.3 is 0 Å². The molecular weight excluding hydrogens is 232 g/mol. The highest BCUT2D eigenvalue weighted by Gasteiger charge is 2.25. The Hall–Kier alpha value is -1.59. The molecule has 0 radical (unpaired) electrons. The van der Waals surface area contributed by atoms with Crippen LogP contribution in [0.3, 0.4) is 0 Å². The van der Waals surface area contributed by atoms with Crippen LogP contribution in [0, 0.1) is 0 Å². The summed E-state index contributed by atoms with van der Waals surface area (Å²) in [5.41, 5.74) is 7.41. The van der Waals surface area contributed by atoms with E-state index in [2.05, 4.69) is 0 Å². The van der Waals surface area contributed by atoms with Crippen LogP contribution in [0.4, 0.5) is 5.69 Å². The van der Waals surface area contributed by atoms with Crippen molar-refractivity contribution in [1.82, 2.24) is 4.90 Å². The van der Waals surface area contributed by atoms with Gasteiger partial charge in [0.05, 0.1) is 19.8 Å². The van der Waals surface area contributed by atoms with E-state index in [0.717, 1.165) is 5.56 Å². The van der Waals surface area contributed by atoms with Crippen molar-refractivity contribution < 1.29 is 14.3 Å². The molecule has 1 heterocycles. The second-order valence-electron chi connectivity index (χ2n) is 4.37. The van der Waals surface area contributed by atoms with Gasteiger partial charge in [-0.15, -0.1) is 0 Å². The van der Waals surface area contributed by atoms with E-state index in [9.17, 15) is 4.79 Å². The standard InChI is InChI=1S/C13H18N2O3/c1-15(8-10-3-2-4-11(14)7-10)13(16)12-9-17-5-6-18-12/h2-4,7,12H,5-6,8-9,14H2,1H3. The van der Waals surface area contributed by atoms with E-state index in [1.807, 2.05) is 24.3 Å². The van der Waals surface area contributed by atoms with Crippen LogP contribution in [0.2, 0.25) is 0 Å². The second kappa shape index (κ2) is 5.84.